The molecule has 0 bridgehead atoms. The molecule has 2 rings (SSSR count). The fraction of sp³-hybridized carbons (Fsp3) is 0.250. The molecule has 0 aliphatic carbocycles. The lowest BCUT2D eigenvalue weighted by Gasteiger charge is -2.04. The van der Waals surface area contributed by atoms with Gasteiger partial charge in [-0.15, -0.1) is 0 Å². The van der Waals surface area contributed by atoms with E-state index >= 15 is 0 Å². The maximum atomic E-state index is 13.3. The molecule has 0 amide bonds. The van der Waals surface area contributed by atoms with Crippen molar-refractivity contribution in [3.63, 3.8) is 0 Å². The fourth-order valence-electron chi connectivity index (χ4n) is 1.64. The van der Waals surface area contributed by atoms with Crippen molar-refractivity contribution in [3.8, 4) is 0 Å². The van der Waals surface area contributed by atoms with Gasteiger partial charge in [0.15, 0.2) is 0 Å². The maximum Gasteiger partial charge on any atom is 0.126 e. The topological polar surface area (TPSA) is 12.9 Å². The molecule has 1 aromatic heterocycles. The Bertz CT molecular complexity index is 477. The molecular weight excluding hydrogens is 177 g/mol. The molecule has 14 heavy (non-hydrogen) atoms. The van der Waals surface area contributed by atoms with Crippen LogP contribution < -0.4 is 0 Å². The molecule has 0 saturated heterocycles. The van der Waals surface area contributed by atoms with Crippen LogP contribution in [0.4, 0.5) is 4.39 Å². The van der Waals surface area contributed by atoms with E-state index in [1.165, 1.54) is 0 Å². The minimum atomic E-state index is -0.147. The average molecular weight is 189 g/mol. The highest BCUT2D eigenvalue weighted by atomic mass is 19.1. The van der Waals surface area contributed by atoms with E-state index in [0.717, 1.165) is 22.9 Å². The van der Waals surface area contributed by atoms with Crippen LogP contribution in [0.3, 0.4) is 0 Å². The van der Waals surface area contributed by atoms with Gasteiger partial charge in [0.25, 0.3) is 0 Å². The highest BCUT2D eigenvalue weighted by Gasteiger charge is 2.04. The van der Waals surface area contributed by atoms with Crippen LogP contribution in [0, 0.1) is 12.7 Å². The monoisotopic (exact) mass is 189 g/mol. The number of halogens is 1. The molecule has 0 spiro atoms. The Morgan fingerprint density at radius 2 is 2.14 bits per heavy atom. The minimum absolute atomic E-state index is 0.147. The Kier molecular flexibility index (Phi) is 2.20. The summed E-state index contributed by atoms with van der Waals surface area (Å²) in [6.45, 7) is 3.83. The number of nitrogens with zero attached hydrogens (tertiary/aromatic N) is 1. The molecule has 0 saturated carbocycles. The van der Waals surface area contributed by atoms with Gasteiger partial charge in [0.1, 0.15) is 5.82 Å². The molecular formula is C12H12FN. The molecule has 0 atom stereocenters. The molecule has 0 fully saturated rings. The molecule has 0 aliphatic heterocycles. The lowest BCUT2D eigenvalue weighted by atomic mass is 10.1. The fourth-order valence-corrected chi connectivity index (χ4v) is 1.64. The van der Waals surface area contributed by atoms with Gasteiger partial charge < -0.3 is 0 Å². The molecule has 0 radical (unpaired) electrons. The van der Waals surface area contributed by atoms with E-state index in [0.29, 0.717) is 5.56 Å². The van der Waals surface area contributed by atoms with Crippen molar-refractivity contribution in [3.05, 3.63) is 41.5 Å². The molecule has 1 heterocycles. The molecule has 0 unspecified atom stereocenters. The second-order valence-corrected chi connectivity index (χ2v) is 3.43. The summed E-state index contributed by atoms with van der Waals surface area (Å²) in [5.74, 6) is -0.147. The first-order chi connectivity index (χ1) is 6.72. The van der Waals surface area contributed by atoms with E-state index in [9.17, 15) is 4.39 Å². The smallest absolute Gasteiger partial charge is 0.126 e. The molecule has 1 nitrogen and oxygen atoms in total. The number of benzene rings is 1. The molecule has 2 heteroatoms. The van der Waals surface area contributed by atoms with E-state index in [-0.39, 0.29) is 5.82 Å². The van der Waals surface area contributed by atoms with Gasteiger partial charge in [0.05, 0.1) is 0 Å². The van der Waals surface area contributed by atoms with Crippen molar-refractivity contribution in [1.82, 2.24) is 4.98 Å². The first kappa shape index (κ1) is 9.13. The van der Waals surface area contributed by atoms with Crippen LogP contribution >= 0.6 is 0 Å². The van der Waals surface area contributed by atoms with Gasteiger partial charge in [-0.3, -0.25) is 4.98 Å². The van der Waals surface area contributed by atoms with E-state index in [2.05, 4.69) is 11.9 Å². The number of hydrogen-bond acceptors (Lipinski definition) is 1. The van der Waals surface area contributed by atoms with Gasteiger partial charge in [0, 0.05) is 17.3 Å². The summed E-state index contributed by atoms with van der Waals surface area (Å²) in [4.78, 5) is 4.27. The van der Waals surface area contributed by atoms with Gasteiger partial charge in [-0.05, 0) is 42.5 Å². The normalized spacial score (nSPS) is 10.8. The van der Waals surface area contributed by atoms with Crippen LogP contribution in [0.1, 0.15) is 18.2 Å². The van der Waals surface area contributed by atoms with Crippen LogP contribution in [0.5, 0.6) is 0 Å². The van der Waals surface area contributed by atoms with Crippen molar-refractivity contribution in [2.24, 2.45) is 0 Å². The second kappa shape index (κ2) is 3.37. The highest BCUT2D eigenvalue weighted by Crippen LogP contribution is 2.21. The molecule has 1 aromatic carbocycles. The van der Waals surface area contributed by atoms with Crippen molar-refractivity contribution >= 4 is 10.8 Å². The summed E-state index contributed by atoms with van der Waals surface area (Å²) >= 11 is 0. The molecule has 0 N–H and O–H groups in total. The predicted octanol–water partition coefficient (Wildman–Crippen LogP) is 3.24. The lowest BCUT2D eigenvalue weighted by molar-refractivity contribution is 0.620. The van der Waals surface area contributed by atoms with E-state index in [1.807, 2.05) is 12.1 Å². The summed E-state index contributed by atoms with van der Waals surface area (Å²) in [6.07, 6.45) is 2.61. The number of aromatic nitrogens is 1. The van der Waals surface area contributed by atoms with Crippen molar-refractivity contribution in [2.45, 2.75) is 20.3 Å². The standard InChI is InChI=1S/C12H12FN/c1-3-12-10-6-8(2)11(13)7-9(10)4-5-14-12/h4-7H,3H2,1-2H3. The summed E-state index contributed by atoms with van der Waals surface area (Å²) in [6, 6.07) is 5.29. The Hall–Kier alpha value is -1.44. The maximum absolute atomic E-state index is 13.3. The first-order valence-electron chi connectivity index (χ1n) is 4.76. The van der Waals surface area contributed by atoms with Gasteiger partial charge in [-0.2, -0.15) is 0 Å². The zero-order chi connectivity index (χ0) is 10.1. The number of pyridine rings is 1. The van der Waals surface area contributed by atoms with Crippen LogP contribution in [-0.4, -0.2) is 4.98 Å². The van der Waals surface area contributed by atoms with E-state index in [4.69, 9.17) is 0 Å². The SMILES string of the molecule is CCc1nccc2cc(F)c(C)cc12. The molecule has 0 aliphatic rings. The Morgan fingerprint density at radius 1 is 1.36 bits per heavy atom. The van der Waals surface area contributed by atoms with E-state index in [1.54, 1.807) is 19.2 Å². The highest BCUT2D eigenvalue weighted by molar-refractivity contribution is 5.85. The van der Waals surface area contributed by atoms with Gasteiger partial charge in [-0.1, -0.05) is 6.92 Å². The van der Waals surface area contributed by atoms with Crippen LogP contribution in [0.2, 0.25) is 0 Å². The summed E-state index contributed by atoms with van der Waals surface area (Å²) < 4.78 is 13.3. The van der Waals surface area contributed by atoms with Crippen LogP contribution in [0.25, 0.3) is 10.8 Å². The van der Waals surface area contributed by atoms with Gasteiger partial charge >= 0.3 is 0 Å². The second-order valence-electron chi connectivity index (χ2n) is 3.43. The van der Waals surface area contributed by atoms with Crippen molar-refractivity contribution < 1.29 is 4.39 Å². The van der Waals surface area contributed by atoms with E-state index < -0.39 is 0 Å². The number of rotatable bonds is 1. The lowest BCUT2D eigenvalue weighted by Crippen LogP contribution is -1.91. The summed E-state index contributed by atoms with van der Waals surface area (Å²) in [5, 5.41) is 1.99. The first-order valence-corrected chi connectivity index (χ1v) is 4.76. The predicted molar refractivity (Wildman–Crippen MR) is 55.8 cm³/mol. The average Bonchev–Trinajstić information content (AvgIpc) is 2.19. The Labute approximate surface area is 82.6 Å². The third-order valence-electron chi connectivity index (χ3n) is 2.46. The van der Waals surface area contributed by atoms with Gasteiger partial charge in [-0.25, -0.2) is 4.39 Å². The largest absolute Gasteiger partial charge is 0.261 e. The number of fused-ring (bicyclic) bond motifs is 1. The van der Waals surface area contributed by atoms with Crippen LogP contribution in [0.15, 0.2) is 24.4 Å². The minimum Gasteiger partial charge on any atom is -0.261 e. The zero-order valence-electron chi connectivity index (χ0n) is 8.34. The Balaban J connectivity index is 2.81. The number of aryl methyl sites for hydroxylation is 2. The van der Waals surface area contributed by atoms with Crippen molar-refractivity contribution in [1.29, 1.82) is 0 Å². The third kappa shape index (κ3) is 1.37. The number of hydrogen-bond donors (Lipinski definition) is 0. The van der Waals surface area contributed by atoms with Gasteiger partial charge in [0.2, 0.25) is 0 Å². The molecule has 72 valence electrons. The van der Waals surface area contributed by atoms with Crippen molar-refractivity contribution in [2.75, 3.05) is 0 Å². The Morgan fingerprint density at radius 3 is 2.86 bits per heavy atom. The third-order valence-corrected chi connectivity index (χ3v) is 2.46. The zero-order valence-corrected chi connectivity index (χ0v) is 8.34. The summed E-state index contributed by atoms with van der Waals surface area (Å²) in [7, 11) is 0. The summed E-state index contributed by atoms with van der Waals surface area (Å²) in [5.41, 5.74) is 1.71. The quantitative estimate of drug-likeness (QED) is 0.671. The van der Waals surface area contributed by atoms with Crippen LogP contribution in [-0.2, 0) is 6.42 Å². The molecule has 2 aromatic rings.